The number of hydrogen-bond acceptors (Lipinski definition) is 5. The van der Waals surface area contributed by atoms with Crippen LogP contribution >= 0.6 is 0 Å². The minimum absolute atomic E-state index is 0.216. The van der Waals surface area contributed by atoms with E-state index in [1.165, 1.54) is 18.2 Å². The summed E-state index contributed by atoms with van der Waals surface area (Å²) in [6.07, 6.45) is 1.86. The maximum absolute atomic E-state index is 11.0. The number of aromatic nitrogens is 2. The molecule has 3 rings (SSSR count). The zero-order valence-corrected chi connectivity index (χ0v) is 12.6. The second kappa shape index (κ2) is 5.53. The fraction of sp³-hybridized carbons (Fsp3) is 0.125. The fourth-order valence-corrected chi connectivity index (χ4v) is 2.23. The van der Waals surface area contributed by atoms with Gasteiger partial charge in [0.05, 0.1) is 11.4 Å². The highest BCUT2D eigenvalue weighted by atomic mass is 16.4. The van der Waals surface area contributed by atoms with E-state index >= 15 is 0 Å². The molecule has 0 radical (unpaired) electrons. The van der Waals surface area contributed by atoms with Crippen LogP contribution in [0.1, 0.15) is 21.6 Å². The van der Waals surface area contributed by atoms with Gasteiger partial charge in [-0.25, -0.2) is 9.78 Å². The highest BCUT2D eigenvalue weighted by Gasteiger charge is 2.11. The van der Waals surface area contributed by atoms with Crippen molar-refractivity contribution in [1.82, 2.24) is 9.38 Å². The maximum Gasteiger partial charge on any atom is 0.339 e. The number of benzene rings is 1. The number of nitrogens with zero attached hydrogens (tertiary/aromatic N) is 4. The number of aromatic hydroxyl groups is 1. The van der Waals surface area contributed by atoms with Gasteiger partial charge in [0, 0.05) is 6.20 Å². The molecule has 0 saturated heterocycles. The number of pyridine rings is 1. The van der Waals surface area contributed by atoms with Crippen molar-refractivity contribution in [2.75, 3.05) is 0 Å². The SMILES string of the molecule is Cc1ccn2c(N=Nc3ccc(O)c(C(=O)O)c3)c(C)nc2c1. The lowest BCUT2D eigenvalue weighted by atomic mass is 10.2. The molecule has 0 spiro atoms. The van der Waals surface area contributed by atoms with Crippen LogP contribution in [0, 0.1) is 13.8 Å². The Bertz CT molecular complexity index is 944. The summed E-state index contributed by atoms with van der Waals surface area (Å²) >= 11 is 0. The van der Waals surface area contributed by atoms with Gasteiger partial charge in [0.1, 0.15) is 17.0 Å². The Kier molecular flexibility index (Phi) is 3.53. The zero-order chi connectivity index (χ0) is 16.6. The lowest BCUT2D eigenvalue weighted by Gasteiger charge is -2.00. The molecule has 0 fully saturated rings. The van der Waals surface area contributed by atoms with Crippen molar-refractivity contribution < 1.29 is 15.0 Å². The fourth-order valence-electron chi connectivity index (χ4n) is 2.23. The largest absolute Gasteiger partial charge is 0.507 e. The molecule has 2 N–H and O–H groups in total. The number of azo groups is 1. The topological polar surface area (TPSA) is 99.6 Å². The van der Waals surface area contributed by atoms with Crippen molar-refractivity contribution in [3.8, 4) is 5.75 Å². The second-order valence-corrected chi connectivity index (χ2v) is 5.16. The average molecular weight is 310 g/mol. The third-order valence-electron chi connectivity index (χ3n) is 3.39. The van der Waals surface area contributed by atoms with E-state index in [0.29, 0.717) is 11.5 Å². The standard InChI is InChI=1S/C16H14N4O3/c1-9-5-6-20-14(7-9)17-10(2)15(20)19-18-11-3-4-13(21)12(8-11)16(22)23/h3-8,21H,1-2H3,(H,22,23). The van der Waals surface area contributed by atoms with Crippen molar-refractivity contribution in [1.29, 1.82) is 0 Å². The van der Waals surface area contributed by atoms with Crippen molar-refractivity contribution in [3.63, 3.8) is 0 Å². The molecule has 7 nitrogen and oxygen atoms in total. The van der Waals surface area contributed by atoms with Crippen molar-refractivity contribution in [2.24, 2.45) is 10.2 Å². The lowest BCUT2D eigenvalue weighted by Crippen LogP contribution is -1.95. The van der Waals surface area contributed by atoms with Crippen LogP contribution in [0.2, 0.25) is 0 Å². The summed E-state index contributed by atoms with van der Waals surface area (Å²) in [6.45, 7) is 3.81. The summed E-state index contributed by atoms with van der Waals surface area (Å²) < 4.78 is 1.81. The third-order valence-corrected chi connectivity index (χ3v) is 3.39. The van der Waals surface area contributed by atoms with Gasteiger partial charge in [-0.15, -0.1) is 10.2 Å². The number of aromatic carboxylic acids is 1. The summed E-state index contributed by atoms with van der Waals surface area (Å²) in [6, 6.07) is 7.92. The Labute approximate surface area is 131 Å². The number of carboxylic acid groups (broad SMARTS) is 1. The van der Waals surface area contributed by atoms with Gasteiger partial charge in [0.15, 0.2) is 5.82 Å². The predicted molar refractivity (Wildman–Crippen MR) is 83.9 cm³/mol. The highest BCUT2D eigenvalue weighted by Crippen LogP contribution is 2.27. The van der Waals surface area contributed by atoms with Gasteiger partial charge in [-0.3, -0.25) is 4.40 Å². The molecule has 0 atom stereocenters. The molecule has 0 bridgehead atoms. The van der Waals surface area contributed by atoms with Gasteiger partial charge in [-0.05, 0) is 49.7 Å². The van der Waals surface area contributed by atoms with Crippen LogP contribution in [0.15, 0.2) is 46.8 Å². The van der Waals surface area contributed by atoms with E-state index < -0.39 is 5.97 Å². The molecule has 3 aromatic rings. The molecule has 2 heterocycles. The molecular weight excluding hydrogens is 296 g/mol. The van der Waals surface area contributed by atoms with E-state index in [2.05, 4.69) is 15.2 Å². The molecule has 0 aliphatic rings. The van der Waals surface area contributed by atoms with Crippen molar-refractivity contribution in [3.05, 3.63) is 53.3 Å². The quantitative estimate of drug-likeness (QED) is 0.719. The van der Waals surface area contributed by atoms with E-state index in [0.717, 1.165) is 16.9 Å². The van der Waals surface area contributed by atoms with Crippen LogP contribution in [-0.2, 0) is 0 Å². The number of carboxylic acids is 1. The van der Waals surface area contributed by atoms with Gasteiger partial charge in [-0.2, -0.15) is 0 Å². The zero-order valence-electron chi connectivity index (χ0n) is 12.6. The molecule has 1 aromatic carbocycles. The molecule has 2 aromatic heterocycles. The Morgan fingerprint density at radius 2 is 1.96 bits per heavy atom. The first-order valence-electron chi connectivity index (χ1n) is 6.89. The van der Waals surface area contributed by atoms with Gasteiger partial charge in [0.2, 0.25) is 0 Å². The second-order valence-electron chi connectivity index (χ2n) is 5.16. The Balaban J connectivity index is 2.02. The number of imidazole rings is 1. The number of rotatable bonds is 3. The number of aryl methyl sites for hydroxylation is 2. The highest BCUT2D eigenvalue weighted by molar-refractivity contribution is 5.91. The molecule has 0 aliphatic heterocycles. The number of hydrogen-bond donors (Lipinski definition) is 2. The number of carbonyl (C=O) groups is 1. The minimum atomic E-state index is -1.22. The van der Waals surface area contributed by atoms with Crippen molar-refractivity contribution in [2.45, 2.75) is 13.8 Å². The third kappa shape index (κ3) is 2.76. The monoisotopic (exact) mass is 310 g/mol. The van der Waals surface area contributed by atoms with E-state index in [9.17, 15) is 9.90 Å². The molecule has 0 unspecified atom stereocenters. The molecule has 0 saturated carbocycles. The predicted octanol–water partition coefficient (Wildman–Crippen LogP) is 3.77. The van der Waals surface area contributed by atoms with E-state index in [-0.39, 0.29) is 11.3 Å². The minimum Gasteiger partial charge on any atom is -0.507 e. The summed E-state index contributed by atoms with van der Waals surface area (Å²) in [4.78, 5) is 15.4. The average Bonchev–Trinajstić information content (AvgIpc) is 2.80. The maximum atomic E-state index is 11.0. The first-order valence-corrected chi connectivity index (χ1v) is 6.89. The van der Waals surface area contributed by atoms with Gasteiger partial charge in [0.25, 0.3) is 0 Å². The molecule has 7 heteroatoms. The Hall–Kier alpha value is -3.22. The van der Waals surface area contributed by atoms with E-state index in [1.807, 2.05) is 36.6 Å². The van der Waals surface area contributed by atoms with Crippen LogP contribution in [-0.4, -0.2) is 25.6 Å². The normalized spacial score (nSPS) is 11.4. The van der Waals surface area contributed by atoms with Crippen LogP contribution in [0.25, 0.3) is 5.65 Å². The van der Waals surface area contributed by atoms with Crippen LogP contribution in [0.5, 0.6) is 5.75 Å². The molecular formula is C16H14N4O3. The Morgan fingerprint density at radius 3 is 2.70 bits per heavy atom. The van der Waals surface area contributed by atoms with E-state index in [4.69, 9.17) is 5.11 Å². The van der Waals surface area contributed by atoms with E-state index in [1.54, 1.807) is 0 Å². The van der Waals surface area contributed by atoms with Gasteiger partial charge >= 0.3 is 5.97 Å². The molecule has 116 valence electrons. The van der Waals surface area contributed by atoms with Gasteiger partial charge < -0.3 is 10.2 Å². The number of fused-ring (bicyclic) bond motifs is 1. The summed E-state index contributed by atoms with van der Waals surface area (Å²) in [7, 11) is 0. The smallest absolute Gasteiger partial charge is 0.339 e. The van der Waals surface area contributed by atoms with Crippen molar-refractivity contribution >= 4 is 23.1 Å². The van der Waals surface area contributed by atoms with Gasteiger partial charge in [-0.1, -0.05) is 0 Å². The van der Waals surface area contributed by atoms with Crippen LogP contribution in [0.4, 0.5) is 11.5 Å². The first kappa shape index (κ1) is 14.7. The molecule has 0 amide bonds. The Morgan fingerprint density at radius 1 is 1.17 bits per heavy atom. The summed E-state index contributed by atoms with van der Waals surface area (Å²) in [5.41, 5.74) is 2.70. The molecule has 23 heavy (non-hydrogen) atoms. The molecule has 0 aliphatic carbocycles. The van der Waals surface area contributed by atoms with Crippen LogP contribution in [0.3, 0.4) is 0 Å². The summed E-state index contributed by atoms with van der Waals surface area (Å²) in [5.74, 6) is -0.955. The summed E-state index contributed by atoms with van der Waals surface area (Å²) in [5, 5.41) is 26.7. The van der Waals surface area contributed by atoms with Crippen LogP contribution < -0.4 is 0 Å². The number of phenols is 1. The lowest BCUT2D eigenvalue weighted by molar-refractivity contribution is 0.0694. The first-order chi connectivity index (χ1) is 11.0.